The Balaban J connectivity index is 2.23. The molecule has 0 saturated heterocycles. The van der Waals surface area contributed by atoms with Gasteiger partial charge in [-0.1, -0.05) is 13.0 Å². The molecule has 5 heteroatoms. The first kappa shape index (κ1) is 13.3. The van der Waals surface area contributed by atoms with Crippen LogP contribution < -0.4 is 5.32 Å². The maximum Gasteiger partial charge on any atom is 0.261 e. The molecule has 18 heavy (non-hydrogen) atoms. The molecule has 0 spiro atoms. The molecule has 1 aromatic heterocycles. The lowest BCUT2D eigenvalue weighted by Gasteiger charge is -2.12. The topological polar surface area (TPSA) is 29.1 Å². The molecule has 2 rings (SSSR count). The number of amides is 1. The molecule has 0 radical (unpaired) electrons. The third kappa shape index (κ3) is 2.82. The molecule has 1 aromatic carbocycles. The van der Waals surface area contributed by atoms with Crippen LogP contribution in [-0.2, 0) is 0 Å². The van der Waals surface area contributed by atoms with Crippen LogP contribution in [-0.4, -0.2) is 17.8 Å². The zero-order valence-electron chi connectivity index (χ0n) is 9.87. The summed E-state index contributed by atoms with van der Waals surface area (Å²) in [7, 11) is 0. The predicted octanol–water partition coefficient (Wildman–Crippen LogP) is 3.79. The second-order valence-electron chi connectivity index (χ2n) is 4.03. The Morgan fingerprint density at radius 1 is 1.50 bits per heavy atom. The van der Waals surface area contributed by atoms with Gasteiger partial charge in [0.25, 0.3) is 5.91 Å². The van der Waals surface area contributed by atoms with Gasteiger partial charge < -0.3 is 5.32 Å². The first-order chi connectivity index (χ1) is 8.63. The van der Waals surface area contributed by atoms with Crippen LogP contribution in [0.2, 0.25) is 0 Å². The van der Waals surface area contributed by atoms with Crippen molar-refractivity contribution >= 4 is 38.9 Å². The van der Waals surface area contributed by atoms with Crippen molar-refractivity contribution in [3.05, 3.63) is 35.0 Å². The van der Waals surface area contributed by atoms with E-state index in [2.05, 4.69) is 5.32 Å². The van der Waals surface area contributed by atoms with Crippen molar-refractivity contribution in [3.8, 4) is 0 Å². The summed E-state index contributed by atoms with van der Waals surface area (Å²) >= 11 is 7.03. The summed E-state index contributed by atoms with van der Waals surface area (Å²) < 4.78 is 13.8. The number of hydrogen-bond acceptors (Lipinski definition) is 2. The van der Waals surface area contributed by atoms with Crippen LogP contribution in [0, 0.1) is 5.82 Å². The van der Waals surface area contributed by atoms with Crippen molar-refractivity contribution in [1.82, 2.24) is 5.32 Å². The Hall–Kier alpha value is -1.13. The summed E-state index contributed by atoms with van der Waals surface area (Å²) in [4.78, 5) is 12.6. The second kappa shape index (κ2) is 5.67. The van der Waals surface area contributed by atoms with Gasteiger partial charge in [-0.05, 0) is 30.0 Å². The number of fused-ring (bicyclic) bond motifs is 1. The normalized spacial score (nSPS) is 12.6. The van der Waals surface area contributed by atoms with Crippen molar-refractivity contribution in [2.24, 2.45) is 0 Å². The fourth-order valence-electron chi connectivity index (χ4n) is 1.62. The number of benzene rings is 1. The van der Waals surface area contributed by atoms with Gasteiger partial charge in [-0.15, -0.1) is 22.9 Å². The summed E-state index contributed by atoms with van der Waals surface area (Å²) in [6.07, 6.45) is 0.786. The first-order valence-corrected chi connectivity index (χ1v) is 7.05. The average Bonchev–Trinajstić information content (AvgIpc) is 2.78. The molecule has 0 saturated carbocycles. The lowest BCUT2D eigenvalue weighted by atomic mass is 10.2. The third-order valence-electron chi connectivity index (χ3n) is 2.72. The molecule has 1 amide bonds. The third-order valence-corrected chi connectivity index (χ3v) is 4.19. The van der Waals surface area contributed by atoms with Crippen molar-refractivity contribution < 1.29 is 9.18 Å². The Labute approximate surface area is 114 Å². The highest BCUT2D eigenvalue weighted by molar-refractivity contribution is 7.20. The standard InChI is InChI=1S/C13H13ClFNOS/c1-2-10(7-14)16-13(17)12-5-8-3-4-9(15)6-11(8)18-12/h3-6,10H,2,7H2,1H3,(H,16,17). The Bertz CT molecular complexity index is 565. The fourth-order valence-corrected chi connectivity index (χ4v) is 2.91. The van der Waals surface area contributed by atoms with Crippen LogP contribution in [0.4, 0.5) is 4.39 Å². The molecule has 0 aliphatic carbocycles. The molecular formula is C13H13ClFNOS. The van der Waals surface area contributed by atoms with Crippen molar-refractivity contribution in [2.75, 3.05) is 5.88 Å². The minimum Gasteiger partial charge on any atom is -0.347 e. The molecule has 0 aliphatic rings. The van der Waals surface area contributed by atoms with Crippen LogP contribution >= 0.6 is 22.9 Å². The molecule has 1 atom stereocenters. The van der Waals surface area contributed by atoms with Gasteiger partial charge in [-0.25, -0.2) is 4.39 Å². The maximum atomic E-state index is 13.1. The number of alkyl halides is 1. The van der Waals surface area contributed by atoms with Crippen LogP contribution in [0.5, 0.6) is 0 Å². The maximum absolute atomic E-state index is 13.1. The summed E-state index contributed by atoms with van der Waals surface area (Å²) in [6.45, 7) is 1.97. The molecule has 96 valence electrons. The van der Waals surface area contributed by atoms with E-state index in [1.165, 1.54) is 23.5 Å². The van der Waals surface area contributed by atoms with E-state index < -0.39 is 0 Å². The molecule has 1 N–H and O–H groups in total. The van der Waals surface area contributed by atoms with E-state index in [0.29, 0.717) is 10.8 Å². The van der Waals surface area contributed by atoms with Gasteiger partial charge in [-0.3, -0.25) is 4.79 Å². The van der Waals surface area contributed by atoms with Gasteiger partial charge in [0.15, 0.2) is 0 Å². The number of hydrogen-bond donors (Lipinski definition) is 1. The minimum atomic E-state index is -0.288. The van der Waals surface area contributed by atoms with E-state index in [-0.39, 0.29) is 17.8 Å². The van der Waals surface area contributed by atoms with Crippen LogP contribution in [0.1, 0.15) is 23.0 Å². The minimum absolute atomic E-state index is 0.0267. The number of rotatable bonds is 4. The highest BCUT2D eigenvalue weighted by Crippen LogP contribution is 2.26. The Kier molecular flexibility index (Phi) is 4.19. The Morgan fingerprint density at radius 3 is 2.94 bits per heavy atom. The summed E-state index contributed by atoms with van der Waals surface area (Å²) in [5.41, 5.74) is 0. The van der Waals surface area contributed by atoms with Gasteiger partial charge in [0.2, 0.25) is 0 Å². The van der Waals surface area contributed by atoms with E-state index in [4.69, 9.17) is 11.6 Å². The summed E-state index contributed by atoms with van der Waals surface area (Å²) in [6, 6.07) is 6.26. The average molecular weight is 286 g/mol. The lowest BCUT2D eigenvalue weighted by Crippen LogP contribution is -2.35. The van der Waals surface area contributed by atoms with E-state index in [9.17, 15) is 9.18 Å². The number of carbonyl (C=O) groups excluding carboxylic acids is 1. The van der Waals surface area contributed by atoms with Gasteiger partial charge in [0.1, 0.15) is 5.82 Å². The number of thiophene rings is 1. The highest BCUT2D eigenvalue weighted by Gasteiger charge is 2.14. The second-order valence-corrected chi connectivity index (χ2v) is 5.42. The molecule has 0 fully saturated rings. The smallest absolute Gasteiger partial charge is 0.261 e. The summed E-state index contributed by atoms with van der Waals surface area (Å²) in [5, 5.41) is 3.73. The van der Waals surface area contributed by atoms with Gasteiger partial charge in [0, 0.05) is 16.6 Å². The highest BCUT2D eigenvalue weighted by atomic mass is 35.5. The van der Waals surface area contributed by atoms with Crippen LogP contribution in [0.3, 0.4) is 0 Å². The van der Waals surface area contributed by atoms with E-state index in [1.807, 2.05) is 6.92 Å². The first-order valence-electron chi connectivity index (χ1n) is 5.70. The molecular weight excluding hydrogens is 273 g/mol. The van der Waals surface area contributed by atoms with E-state index in [1.54, 1.807) is 12.1 Å². The monoisotopic (exact) mass is 285 g/mol. The van der Waals surface area contributed by atoms with Gasteiger partial charge in [-0.2, -0.15) is 0 Å². The molecule has 0 bridgehead atoms. The Morgan fingerprint density at radius 2 is 2.28 bits per heavy atom. The molecule has 1 unspecified atom stereocenters. The molecule has 2 aromatic rings. The van der Waals surface area contributed by atoms with E-state index in [0.717, 1.165) is 16.5 Å². The fraction of sp³-hybridized carbons (Fsp3) is 0.308. The predicted molar refractivity (Wildman–Crippen MR) is 74.0 cm³/mol. The number of halogens is 2. The van der Waals surface area contributed by atoms with Crippen molar-refractivity contribution in [3.63, 3.8) is 0 Å². The van der Waals surface area contributed by atoms with Crippen LogP contribution in [0.15, 0.2) is 24.3 Å². The van der Waals surface area contributed by atoms with Crippen LogP contribution in [0.25, 0.3) is 10.1 Å². The molecule has 1 heterocycles. The largest absolute Gasteiger partial charge is 0.347 e. The summed E-state index contributed by atoms with van der Waals surface area (Å²) in [5.74, 6) is -0.0468. The zero-order chi connectivity index (χ0) is 13.1. The van der Waals surface area contributed by atoms with Crippen molar-refractivity contribution in [2.45, 2.75) is 19.4 Å². The SMILES string of the molecule is CCC(CCl)NC(=O)c1cc2ccc(F)cc2s1. The quantitative estimate of drug-likeness (QED) is 0.851. The van der Waals surface area contributed by atoms with Gasteiger partial charge >= 0.3 is 0 Å². The molecule has 2 nitrogen and oxygen atoms in total. The van der Waals surface area contributed by atoms with Crippen molar-refractivity contribution in [1.29, 1.82) is 0 Å². The number of nitrogens with one attached hydrogen (secondary N) is 1. The van der Waals surface area contributed by atoms with Gasteiger partial charge in [0.05, 0.1) is 4.88 Å². The van der Waals surface area contributed by atoms with E-state index >= 15 is 0 Å². The lowest BCUT2D eigenvalue weighted by molar-refractivity contribution is 0.0944. The number of carbonyl (C=O) groups is 1. The molecule has 0 aliphatic heterocycles. The zero-order valence-corrected chi connectivity index (χ0v) is 11.4.